The van der Waals surface area contributed by atoms with Crippen molar-refractivity contribution in [2.75, 3.05) is 25.5 Å². The number of sulfonamides is 1. The fourth-order valence-corrected chi connectivity index (χ4v) is 4.27. The zero-order chi connectivity index (χ0) is 16.9. The van der Waals surface area contributed by atoms with Gasteiger partial charge in [0.15, 0.2) is 0 Å². The highest BCUT2D eigenvalue weighted by Gasteiger charge is 2.28. The molecule has 0 atom stereocenters. The van der Waals surface area contributed by atoms with Crippen LogP contribution in [0.2, 0.25) is 0 Å². The van der Waals surface area contributed by atoms with Gasteiger partial charge in [-0.1, -0.05) is 12.1 Å². The van der Waals surface area contributed by atoms with Crippen LogP contribution in [-0.2, 0) is 20.6 Å². The van der Waals surface area contributed by atoms with Crippen LogP contribution in [-0.4, -0.2) is 44.1 Å². The summed E-state index contributed by atoms with van der Waals surface area (Å²) < 4.78 is 39.4. The molecular formula is C15H20ClFN2O3S. The van der Waals surface area contributed by atoms with Gasteiger partial charge in [-0.25, -0.2) is 17.1 Å². The van der Waals surface area contributed by atoms with E-state index in [2.05, 4.69) is 5.32 Å². The Morgan fingerprint density at radius 1 is 1.35 bits per heavy atom. The zero-order valence-electron chi connectivity index (χ0n) is 12.7. The van der Waals surface area contributed by atoms with Gasteiger partial charge >= 0.3 is 0 Å². The Morgan fingerprint density at radius 2 is 2.04 bits per heavy atom. The van der Waals surface area contributed by atoms with Crippen molar-refractivity contribution >= 4 is 27.5 Å². The van der Waals surface area contributed by atoms with Gasteiger partial charge in [0, 0.05) is 19.6 Å². The number of rotatable bonds is 6. The smallest absolute Gasteiger partial charge is 0.234 e. The SMILES string of the molecule is O=C(CCl)NCC1CCN(S(=O)(=O)Cc2cccc(F)c2)CC1. The maximum Gasteiger partial charge on any atom is 0.234 e. The van der Waals surface area contributed by atoms with Crippen molar-refractivity contribution in [3.05, 3.63) is 35.6 Å². The van der Waals surface area contributed by atoms with Crippen molar-refractivity contribution in [2.45, 2.75) is 18.6 Å². The number of halogens is 2. The van der Waals surface area contributed by atoms with E-state index in [1.54, 1.807) is 6.07 Å². The number of benzene rings is 1. The maximum absolute atomic E-state index is 13.2. The normalized spacial score (nSPS) is 17.1. The topological polar surface area (TPSA) is 66.5 Å². The molecule has 8 heteroatoms. The van der Waals surface area contributed by atoms with Crippen molar-refractivity contribution in [1.82, 2.24) is 9.62 Å². The van der Waals surface area contributed by atoms with Gasteiger partial charge in [-0.3, -0.25) is 4.79 Å². The summed E-state index contributed by atoms with van der Waals surface area (Å²) >= 11 is 5.41. The number of carbonyl (C=O) groups is 1. The minimum atomic E-state index is -3.45. The molecule has 0 aromatic heterocycles. The molecule has 1 N–H and O–H groups in total. The lowest BCUT2D eigenvalue weighted by molar-refractivity contribution is -0.118. The van der Waals surface area contributed by atoms with E-state index < -0.39 is 15.8 Å². The molecule has 1 heterocycles. The fraction of sp³-hybridized carbons (Fsp3) is 0.533. The van der Waals surface area contributed by atoms with Crippen LogP contribution in [0.4, 0.5) is 4.39 Å². The molecule has 0 bridgehead atoms. The van der Waals surface area contributed by atoms with E-state index in [0.717, 1.165) is 0 Å². The van der Waals surface area contributed by atoms with Crippen LogP contribution in [0.25, 0.3) is 0 Å². The molecule has 1 aliphatic heterocycles. The summed E-state index contributed by atoms with van der Waals surface area (Å²) in [7, 11) is -3.45. The van der Waals surface area contributed by atoms with Crippen molar-refractivity contribution < 1.29 is 17.6 Å². The van der Waals surface area contributed by atoms with Crippen molar-refractivity contribution in [3.8, 4) is 0 Å². The van der Waals surface area contributed by atoms with Gasteiger partial charge in [-0.2, -0.15) is 0 Å². The van der Waals surface area contributed by atoms with Gasteiger partial charge in [0.05, 0.1) is 5.75 Å². The first kappa shape index (κ1) is 18.2. The number of piperidine rings is 1. The van der Waals surface area contributed by atoms with E-state index in [1.807, 2.05) is 0 Å². The Labute approximate surface area is 140 Å². The summed E-state index contributed by atoms with van der Waals surface area (Å²) in [6.45, 7) is 1.35. The van der Waals surface area contributed by atoms with Crippen LogP contribution in [0.3, 0.4) is 0 Å². The van der Waals surface area contributed by atoms with Gasteiger partial charge in [0.1, 0.15) is 11.7 Å². The number of amides is 1. The van der Waals surface area contributed by atoms with Gasteiger partial charge < -0.3 is 5.32 Å². The van der Waals surface area contributed by atoms with Crippen LogP contribution < -0.4 is 5.32 Å². The number of nitrogens with zero attached hydrogens (tertiary/aromatic N) is 1. The first-order valence-corrected chi connectivity index (χ1v) is 9.60. The Hall–Kier alpha value is -1.18. The summed E-state index contributed by atoms with van der Waals surface area (Å²) in [5.41, 5.74) is 0.446. The van der Waals surface area contributed by atoms with Crippen LogP contribution >= 0.6 is 11.6 Å². The molecule has 128 valence electrons. The second-order valence-corrected chi connectivity index (χ2v) is 7.90. The number of hydrogen-bond donors (Lipinski definition) is 1. The molecule has 1 amide bonds. The van der Waals surface area contributed by atoms with Gasteiger partial charge in [0.2, 0.25) is 15.9 Å². The molecule has 5 nitrogen and oxygen atoms in total. The number of carbonyl (C=O) groups excluding carboxylic acids is 1. The lowest BCUT2D eigenvalue weighted by atomic mass is 9.98. The maximum atomic E-state index is 13.2. The molecule has 0 unspecified atom stereocenters. The average Bonchev–Trinajstić information content (AvgIpc) is 2.52. The van der Waals surface area contributed by atoms with E-state index >= 15 is 0 Å². The summed E-state index contributed by atoms with van der Waals surface area (Å²) in [5, 5.41) is 2.72. The van der Waals surface area contributed by atoms with Crippen molar-refractivity contribution in [1.29, 1.82) is 0 Å². The third kappa shape index (κ3) is 5.44. The van der Waals surface area contributed by atoms with E-state index in [9.17, 15) is 17.6 Å². The molecule has 0 radical (unpaired) electrons. The number of hydrogen-bond acceptors (Lipinski definition) is 3. The molecule has 0 aliphatic carbocycles. The van der Waals surface area contributed by atoms with Crippen LogP contribution in [0.5, 0.6) is 0 Å². The largest absolute Gasteiger partial charge is 0.355 e. The first-order chi connectivity index (χ1) is 10.9. The summed E-state index contributed by atoms with van der Waals surface area (Å²) in [6, 6.07) is 5.64. The Morgan fingerprint density at radius 3 is 2.65 bits per heavy atom. The van der Waals surface area contributed by atoms with E-state index in [-0.39, 0.29) is 23.5 Å². The molecular weight excluding hydrogens is 343 g/mol. The first-order valence-electron chi connectivity index (χ1n) is 7.45. The monoisotopic (exact) mass is 362 g/mol. The zero-order valence-corrected chi connectivity index (χ0v) is 14.2. The lowest BCUT2D eigenvalue weighted by Gasteiger charge is -2.31. The van der Waals surface area contributed by atoms with E-state index in [1.165, 1.54) is 22.5 Å². The number of alkyl halides is 1. The van der Waals surface area contributed by atoms with Gasteiger partial charge in [-0.05, 0) is 36.5 Å². The molecule has 1 saturated heterocycles. The number of nitrogens with one attached hydrogen (secondary N) is 1. The van der Waals surface area contributed by atoms with Crippen LogP contribution in [0.15, 0.2) is 24.3 Å². The molecule has 1 aromatic carbocycles. The van der Waals surface area contributed by atoms with Gasteiger partial charge in [0.25, 0.3) is 0 Å². The molecule has 23 heavy (non-hydrogen) atoms. The highest BCUT2D eigenvalue weighted by atomic mass is 35.5. The minimum Gasteiger partial charge on any atom is -0.355 e. The third-order valence-electron chi connectivity index (χ3n) is 3.91. The van der Waals surface area contributed by atoms with E-state index in [0.29, 0.717) is 38.0 Å². The van der Waals surface area contributed by atoms with Crippen LogP contribution in [0, 0.1) is 11.7 Å². The molecule has 1 aliphatic rings. The van der Waals surface area contributed by atoms with Crippen LogP contribution in [0.1, 0.15) is 18.4 Å². The molecule has 1 fully saturated rings. The van der Waals surface area contributed by atoms with Gasteiger partial charge in [-0.15, -0.1) is 11.6 Å². The highest BCUT2D eigenvalue weighted by Crippen LogP contribution is 2.21. The third-order valence-corrected chi connectivity index (χ3v) is 6.01. The van der Waals surface area contributed by atoms with Crippen molar-refractivity contribution in [3.63, 3.8) is 0 Å². The highest BCUT2D eigenvalue weighted by molar-refractivity contribution is 7.88. The van der Waals surface area contributed by atoms with E-state index in [4.69, 9.17) is 11.6 Å². The molecule has 0 saturated carbocycles. The second kappa shape index (κ2) is 8.08. The second-order valence-electron chi connectivity index (χ2n) is 5.67. The Bertz CT molecular complexity index is 646. The molecule has 1 aromatic rings. The lowest BCUT2D eigenvalue weighted by Crippen LogP contribution is -2.42. The quantitative estimate of drug-likeness (QED) is 0.784. The average molecular weight is 363 g/mol. The fourth-order valence-electron chi connectivity index (χ4n) is 2.63. The van der Waals surface area contributed by atoms with Crippen molar-refractivity contribution in [2.24, 2.45) is 5.92 Å². The predicted molar refractivity (Wildman–Crippen MR) is 87.1 cm³/mol. The summed E-state index contributed by atoms with van der Waals surface area (Å²) in [5.74, 6) is -0.665. The Kier molecular flexibility index (Phi) is 6.38. The predicted octanol–water partition coefficient (Wildman–Crippen LogP) is 1.72. The standard InChI is InChI=1S/C15H20ClFN2O3S/c16-9-15(20)18-10-12-4-6-19(7-5-12)23(21,22)11-13-2-1-3-14(17)8-13/h1-3,8,12H,4-7,9-11H2,(H,18,20). The summed E-state index contributed by atoms with van der Waals surface area (Å²) in [4.78, 5) is 11.1. The summed E-state index contributed by atoms with van der Waals surface area (Å²) in [6.07, 6.45) is 1.37. The minimum absolute atomic E-state index is 0.0686. The molecule has 0 spiro atoms. The molecule has 2 rings (SSSR count). The Balaban J connectivity index is 1.87.